The average molecular weight is 292 g/mol. The molecule has 1 aromatic heterocycles. The lowest BCUT2D eigenvalue weighted by Gasteiger charge is -2.17. The van der Waals surface area contributed by atoms with E-state index < -0.39 is 0 Å². The van der Waals surface area contributed by atoms with Crippen molar-refractivity contribution in [1.29, 1.82) is 0 Å². The van der Waals surface area contributed by atoms with E-state index in [4.69, 9.17) is 12.2 Å². The molecule has 5 nitrogen and oxygen atoms in total. The first-order valence-corrected chi connectivity index (χ1v) is 5.71. The predicted octanol–water partition coefficient (Wildman–Crippen LogP) is 0.702. The van der Waals surface area contributed by atoms with Gasteiger partial charge in [0, 0.05) is 27.2 Å². The number of aromatic nitrogens is 2. The Morgan fingerprint density at radius 3 is 3.00 bits per heavy atom. The van der Waals surface area contributed by atoms with Crippen molar-refractivity contribution in [2.75, 3.05) is 32.1 Å². The van der Waals surface area contributed by atoms with Gasteiger partial charge in [-0.05, 0) is 28.1 Å². The highest BCUT2D eigenvalue weighted by atomic mass is 79.9. The van der Waals surface area contributed by atoms with Gasteiger partial charge in [-0.1, -0.05) is 0 Å². The van der Waals surface area contributed by atoms with Crippen LogP contribution in [0.1, 0.15) is 0 Å². The molecule has 7 heteroatoms. The second-order valence-corrected chi connectivity index (χ2v) is 4.17. The highest BCUT2D eigenvalue weighted by Crippen LogP contribution is 2.19. The molecular weight excluding hydrogens is 278 g/mol. The van der Waals surface area contributed by atoms with E-state index in [-0.39, 0.29) is 0 Å². The second kappa shape index (κ2) is 5.92. The van der Waals surface area contributed by atoms with Crippen LogP contribution in [0.4, 0.5) is 5.82 Å². The van der Waals surface area contributed by atoms with Crippen LogP contribution in [0, 0.1) is 0 Å². The van der Waals surface area contributed by atoms with Crippen molar-refractivity contribution in [1.82, 2.24) is 20.6 Å². The van der Waals surface area contributed by atoms with Crippen LogP contribution >= 0.6 is 28.1 Å². The molecule has 0 atom stereocenters. The third kappa shape index (κ3) is 3.67. The molecule has 0 fully saturated rings. The van der Waals surface area contributed by atoms with Crippen LogP contribution in [-0.2, 0) is 0 Å². The van der Waals surface area contributed by atoms with E-state index in [0.717, 1.165) is 23.5 Å². The fourth-order valence-corrected chi connectivity index (χ4v) is 1.68. The molecule has 0 saturated carbocycles. The van der Waals surface area contributed by atoms with Gasteiger partial charge in [0.1, 0.15) is 4.60 Å². The Labute approximate surface area is 103 Å². The van der Waals surface area contributed by atoms with E-state index in [1.165, 1.54) is 0 Å². The summed E-state index contributed by atoms with van der Waals surface area (Å²) in [5.74, 6) is 0.896. The van der Waals surface area contributed by atoms with Crippen LogP contribution in [0.15, 0.2) is 10.9 Å². The molecule has 84 valence electrons. The standard InChI is InChI=1S/C8H14BrN5S/c1-10-8(15)11-3-4-14(2)7-6(9)12-5-13-7/h5H,3-4H2,1-2H3,(H,12,13)(H2,10,11,15). The number of hydrogen-bond acceptors (Lipinski definition) is 3. The molecule has 1 aromatic rings. The normalized spacial score (nSPS) is 9.80. The van der Waals surface area contributed by atoms with Crippen LogP contribution in [-0.4, -0.2) is 42.3 Å². The van der Waals surface area contributed by atoms with Crippen molar-refractivity contribution in [3.63, 3.8) is 0 Å². The van der Waals surface area contributed by atoms with Crippen molar-refractivity contribution < 1.29 is 0 Å². The number of nitrogens with one attached hydrogen (secondary N) is 3. The van der Waals surface area contributed by atoms with E-state index in [1.807, 2.05) is 11.9 Å². The number of thiocarbonyl (C=S) groups is 1. The lowest BCUT2D eigenvalue weighted by Crippen LogP contribution is -2.37. The highest BCUT2D eigenvalue weighted by molar-refractivity contribution is 9.10. The number of rotatable bonds is 4. The predicted molar refractivity (Wildman–Crippen MR) is 69.2 cm³/mol. The maximum absolute atomic E-state index is 4.96. The molecule has 0 aromatic carbocycles. The van der Waals surface area contributed by atoms with Gasteiger partial charge in [0.15, 0.2) is 10.9 Å². The minimum atomic E-state index is 0.657. The molecule has 1 rings (SSSR count). The van der Waals surface area contributed by atoms with Crippen molar-refractivity contribution >= 4 is 39.1 Å². The summed E-state index contributed by atoms with van der Waals surface area (Å²) in [6.07, 6.45) is 1.65. The zero-order valence-electron chi connectivity index (χ0n) is 8.67. The SMILES string of the molecule is CNC(=S)NCCN(C)c1nc[nH]c1Br. The molecule has 0 radical (unpaired) electrons. The first kappa shape index (κ1) is 12.3. The van der Waals surface area contributed by atoms with Crippen LogP contribution < -0.4 is 15.5 Å². The number of nitrogens with zero attached hydrogens (tertiary/aromatic N) is 2. The third-order valence-corrected chi connectivity index (χ3v) is 2.83. The van der Waals surface area contributed by atoms with Gasteiger partial charge in [-0.2, -0.15) is 0 Å². The van der Waals surface area contributed by atoms with E-state index in [0.29, 0.717) is 5.11 Å². The summed E-state index contributed by atoms with van der Waals surface area (Å²) in [7, 11) is 3.77. The van der Waals surface area contributed by atoms with Gasteiger partial charge >= 0.3 is 0 Å². The fourth-order valence-electron chi connectivity index (χ4n) is 1.07. The van der Waals surface area contributed by atoms with Crippen LogP contribution in [0.5, 0.6) is 0 Å². The number of imidazole rings is 1. The summed E-state index contributed by atoms with van der Waals surface area (Å²) in [4.78, 5) is 9.18. The molecule has 1 heterocycles. The van der Waals surface area contributed by atoms with Gasteiger partial charge in [-0.15, -0.1) is 0 Å². The van der Waals surface area contributed by atoms with Crippen LogP contribution in [0.25, 0.3) is 0 Å². The van der Waals surface area contributed by atoms with Gasteiger partial charge in [0.2, 0.25) is 0 Å². The Balaban J connectivity index is 2.34. The summed E-state index contributed by atoms with van der Waals surface area (Å²) >= 11 is 8.34. The molecule has 0 aliphatic rings. The van der Waals surface area contributed by atoms with Crippen molar-refractivity contribution in [3.8, 4) is 0 Å². The van der Waals surface area contributed by atoms with Crippen molar-refractivity contribution in [2.24, 2.45) is 0 Å². The lowest BCUT2D eigenvalue weighted by atomic mass is 10.5. The minimum Gasteiger partial charge on any atom is -0.366 e. The van der Waals surface area contributed by atoms with Crippen LogP contribution in [0.2, 0.25) is 0 Å². The van der Waals surface area contributed by atoms with E-state index in [9.17, 15) is 0 Å². The summed E-state index contributed by atoms with van der Waals surface area (Å²) in [5.41, 5.74) is 0. The first-order valence-electron chi connectivity index (χ1n) is 4.50. The Morgan fingerprint density at radius 2 is 2.47 bits per heavy atom. The Morgan fingerprint density at radius 1 is 1.73 bits per heavy atom. The molecule has 0 spiro atoms. The van der Waals surface area contributed by atoms with Crippen molar-refractivity contribution in [3.05, 3.63) is 10.9 Å². The molecule has 15 heavy (non-hydrogen) atoms. The summed E-state index contributed by atoms with van der Waals surface area (Å²) in [6.45, 7) is 1.60. The average Bonchev–Trinajstić information content (AvgIpc) is 2.64. The van der Waals surface area contributed by atoms with Gasteiger partial charge < -0.3 is 20.5 Å². The topological polar surface area (TPSA) is 56.0 Å². The lowest BCUT2D eigenvalue weighted by molar-refractivity contribution is 0.805. The Hall–Kier alpha value is -0.820. The maximum Gasteiger partial charge on any atom is 0.166 e. The number of aromatic amines is 1. The Kier molecular flexibility index (Phi) is 4.83. The van der Waals surface area contributed by atoms with E-state index in [2.05, 4.69) is 36.5 Å². The monoisotopic (exact) mass is 291 g/mol. The van der Waals surface area contributed by atoms with Gasteiger partial charge in [0.25, 0.3) is 0 Å². The molecule has 0 aliphatic carbocycles. The summed E-state index contributed by atoms with van der Waals surface area (Å²) < 4.78 is 0.890. The fraction of sp³-hybridized carbons (Fsp3) is 0.500. The molecule has 0 aliphatic heterocycles. The zero-order chi connectivity index (χ0) is 11.3. The van der Waals surface area contributed by atoms with Gasteiger partial charge in [-0.3, -0.25) is 0 Å². The quantitative estimate of drug-likeness (QED) is 0.713. The number of likely N-dealkylation sites (N-methyl/N-ethyl adjacent to an activating group) is 1. The second-order valence-electron chi connectivity index (χ2n) is 2.97. The maximum atomic E-state index is 4.96. The molecular formula is C8H14BrN5S. The molecule has 0 bridgehead atoms. The largest absolute Gasteiger partial charge is 0.366 e. The first-order chi connectivity index (χ1) is 7.15. The zero-order valence-corrected chi connectivity index (χ0v) is 11.1. The minimum absolute atomic E-state index is 0.657. The van der Waals surface area contributed by atoms with Crippen LogP contribution in [0.3, 0.4) is 0 Å². The van der Waals surface area contributed by atoms with E-state index >= 15 is 0 Å². The highest BCUT2D eigenvalue weighted by Gasteiger charge is 2.07. The summed E-state index contributed by atoms with van der Waals surface area (Å²) in [6, 6.07) is 0. The van der Waals surface area contributed by atoms with Gasteiger partial charge in [-0.25, -0.2) is 4.98 Å². The van der Waals surface area contributed by atoms with E-state index in [1.54, 1.807) is 13.4 Å². The number of halogens is 1. The molecule has 0 unspecified atom stereocenters. The summed E-state index contributed by atoms with van der Waals surface area (Å²) in [5, 5.41) is 6.58. The third-order valence-electron chi connectivity index (χ3n) is 1.90. The van der Waals surface area contributed by atoms with Gasteiger partial charge in [0.05, 0.1) is 6.33 Å². The number of anilines is 1. The number of H-pyrrole nitrogens is 1. The Bertz CT molecular complexity index is 327. The molecule has 3 N–H and O–H groups in total. The molecule has 0 amide bonds. The van der Waals surface area contributed by atoms with Crippen molar-refractivity contribution in [2.45, 2.75) is 0 Å². The molecule has 0 saturated heterocycles. The number of hydrogen-bond donors (Lipinski definition) is 3. The smallest absolute Gasteiger partial charge is 0.166 e.